The third kappa shape index (κ3) is 2.15. The number of aliphatic hydroxyl groups is 1. The molecule has 0 spiro atoms. The largest absolute Gasteiger partial charge is 0.505 e. The molecule has 78 valence electrons. The average molecular weight is 220 g/mol. The molecule has 0 unspecified atom stereocenters. The van der Waals surface area contributed by atoms with Crippen LogP contribution in [0.25, 0.3) is 0 Å². The van der Waals surface area contributed by atoms with Crippen molar-refractivity contribution in [3.63, 3.8) is 0 Å². The smallest absolute Gasteiger partial charge is 0.183 e. The quantitative estimate of drug-likeness (QED) is 0.723. The predicted molar refractivity (Wildman–Crippen MR) is 51.7 cm³/mol. The van der Waals surface area contributed by atoms with Crippen LogP contribution in [0.5, 0.6) is 5.75 Å². The molecule has 0 amide bonds. The molecule has 0 aliphatic heterocycles. The Morgan fingerprint density at radius 3 is 2.71 bits per heavy atom. The minimum atomic E-state index is -0.877. The van der Waals surface area contributed by atoms with Crippen LogP contribution in [-0.4, -0.2) is 16.8 Å². The van der Waals surface area contributed by atoms with Gasteiger partial charge in [0.25, 0.3) is 0 Å². The molecule has 14 heavy (non-hydrogen) atoms. The highest BCUT2D eigenvalue weighted by molar-refractivity contribution is 6.30. The lowest BCUT2D eigenvalue weighted by atomic mass is 10.0. The van der Waals surface area contributed by atoms with Crippen molar-refractivity contribution < 1.29 is 14.6 Å². The monoisotopic (exact) mass is 219 g/mol. The summed E-state index contributed by atoms with van der Waals surface area (Å²) in [6.45, 7) is -0.120. The number of phenolic OH excluding ortho intramolecular Hbond substituents is 1. The van der Waals surface area contributed by atoms with Crippen LogP contribution in [0.1, 0.15) is 18.0 Å². The molecule has 0 aliphatic carbocycles. The molecule has 0 bridgehead atoms. The molecule has 0 radical (unpaired) electrons. The number of hydrogen-bond acceptors (Lipinski definition) is 3. The van der Waals surface area contributed by atoms with Gasteiger partial charge in [-0.2, -0.15) is 0 Å². The molecule has 0 aliphatic rings. The van der Waals surface area contributed by atoms with Gasteiger partial charge in [0, 0.05) is 18.2 Å². The summed E-state index contributed by atoms with van der Waals surface area (Å²) in [5.41, 5.74) is 5.85. The van der Waals surface area contributed by atoms with Crippen LogP contribution >= 0.6 is 11.6 Å². The summed E-state index contributed by atoms with van der Waals surface area (Å²) in [6, 6.07) is 2.18. The van der Waals surface area contributed by atoms with E-state index < -0.39 is 17.6 Å². The fourth-order valence-electron chi connectivity index (χ4n) is 1.15. The Hall–Kier alpha value is -0.840. The Balaban J connectivity index is 3.04. The second kappa shape index (κ2) is 4.59. The molecule has 3 nitrogen and oxygen atoms in total. The summed E-state index contributed by atoms with van der Waals surface area (Å²) >= 11 is 5.44. The first-order valence-corrected chi connectivity index (χ1v) is 4.49. The third-order valence-corrected chi connectivity index (χ3v) is 2.23. The molecule has 5 heteroatoms. The number of rotatable bonds is 3. The molecular weight excluding hydrogens is 209 g/mol. The second-order valence-corrected chi connectivity index (χ2v) is 3.33. The second-order valence-electron chi connectivity index (χ2n) is 2.92. The van der Waals surface area contributed by atoms with Crippen molar-refractivity contribution in [2.75, 3.05) is 6.61 Å². The Kier molecular flexibility index (Phi) is 3.69. The number of phenols is 1. The fourth-order valence-corrected chi connectivity index (χ4v) is 1.30. The van der Waals surface area contributed by atoms with Crippen LogP contribution in [-0.2, 0) is 0 Å². The van der Waals surface area contributed by atoms with Crippen molar-refractivity contribution in [2.45, 2.75) is 12.5 Å². The lowest BCUT2D eigenvalue weighted by Crippen LogP contribution is -2.12. The van der Waals surface area contributed by atoms with Gasteiger partial charge in [-0.15, -0.1) is 0 Å². The maximum atomic E-state index is 13.1. The lowest BCUT2D eigenvalue weighted by molar-refractivity contribution is 0.275. The van der Waals surface area contributed by atoms with Crippen molar-refractivity contribution >= 4 is 11.6 Å². The van der Waals surface area contributed by atoms with Crippen LogP contribution in [0.4, 0.5) is 4.39 Å². The zero-order valence-electron chi connectivity index (χ0n) is 7.37. The number of halogens is 2. The van der Waals surface area contributed by atoms with Gasteiger partial charge >= 0.3 is 0 Å². The van der Waals surface area contributed by atoms with Crippen molar-refractivity contribution in [1.82, 2.24) is 0 Å². The summed E-state index contributed by atoms with van der Waals surface area (Å²) < 4.78 is 13.1. The van der Waals surface area contributed by atoms with Gasteiger partial charge in [-0.3, -0.25) is 0 Å². The number of benzene rings is 1. The fraction of sp³-hybridized carbons (Fsp3) is 0.333. The Labute approximate surface area is 85.9 Å². The highest BCUT2D eigenvalue weighted by Crippen LogP contribution is 2.31. The molecule has 0 fully saturated rings. The molecule has 4 N–H and O–H groups in total. The lowest BCUT2D eigenvalue weighted by Gasteiger charge is -2.12. The number of aromatic hydroxyl groups is 1. The van der Waals surface area contributed by atoms with E-state index in [0.29, 0.717) is 0 Å². The van der Waals surface area contributed by atoms with Crippen molar-refractivity contribution in [3.8, 4) is 5.75 Å². The minimum Gasteiger partial charge on any atom is -0.505 e. The van der Waals surface area contributed by atoms with Gasteiger partial charge in [-0.05, 0) is 12.5 Å². The van der Waals surface area contributed by atoms with E-state index in [1.54, 1.807) is 0 Å². The number of nitrogens with two attached hydrogens (primary N) is 1. The third-order valence-electron chi connectivity index (χ3n) is 1.94. The molecule has 0 aromatic heterocycles. The first-order valence-electron chi connectivity index (χ1n) is 4.11. The zero-order chi connectivity index (χ0) is 10.7. The summed E-state index contributed by atoms with van der Waals surface area (Å²) in [6.07, 6.45) is 0.259. The van der Waals surface area contributed by atoms with Crippen LogP contribution in [0.15, 0.2) is 12.1 Å². The minimum absolute atomic E-state index is 0.120. The molecule has 0 heterocycles. The predicted octanol–water partition coefficient (Wildman–Crippen LogP) is 1.57. The molecule has 1 atom stereocenters. The van der Waals surface area contributed by atoms with Crippen molar-refractivity contribution in [2.24, 2.45) is 5.73 Å². The van der Waals surface area contributed by atoms with E-state index in [0.717, 1.165) is 0 Å². The maximum Gasteiger partial charge on any atom is 0.183 e. The summed E-state index contributed by atoms with van der Waals surface area (Å²) in [5.74, 6) is -1.42. The summed E-state index contributed by atoms with van der Waals surface area (Å²) in [5, 5.41) is 17.8. The maximum absolute atomic E-state index is 13.1. The SMILES string of the molecule is N[C@@H](CCO)c1ccc(Cl)c(F)c1O. The van der Waals surface area contributed by atoms with E-state index in [1.165, 1.54) is 12.1 Å². The average Bonchev–Trinajstić information content (AvgIpc) is 2.15. The van der Waals surface area contributed by atoms with E-state index in [4.69, 9.17) is 22.4 Å². The van der Waals surface area contributed by atoms with E-state index in [-0.39, 0.29) is 23.6 Å². The first kappa shape index (κ1) is 11.2. The van der Waals surface area contributed by atoms with Crippen LogP contribution < -0.4 is 5.73 Å². The standard InChI is InChI=1S/C9H11ClFNO2/c10-6-2-1-5(7(12)3-4-13)9(14)8(6)11/h1-2,7,13-14H,3-4,12H2/t7-/m0/s1. The molecule has 1 aromatic carbocycles. The van der Waals surface area contributed by atoms with Gasteiger partial charge in [0.1, 0.15) is 0 Å². The van der Waals surface area contributed by atoms with E-state index in [1.807, 2.05) is 0 Å². The van der Waals surface area contributed by atoms with Gasteiger partial charge in [0.2, 0.25) is 0 Å². The van der Waals surface area contributed by atoms with Gasteiger partial charge in [-0.25, -0.2) is 4.39 Å². The van der Waals surface area contributed by atoms with E-state index in [2.05, 4.69) is 0 Å². The molecule has 0 saturated carbocycles. The Morgan fingerprint density at radius 1 is 1.50 bits per heavy atom. The van der Waals surface area contributed by atoms with Crippen LogP contribution in [0.2, 0.25) is 5.02 Å². The Morgan fingerprint density at radius 2 is 2.14 bits per heavy atom. The highest BCUT2D eigenvalue weighted by atomic mass is 35.5. The van der Waals surface area contributed by atoms with Crippen molar-refractivity contribution in [1.29, 1.82) is 0 Å². The molecule has 1 rings (SSSR count). The van der Waals surface area contributed by atoms with Gasteiger partial charge in [-0.1, -0.05) is 17.7 Å². The molecule has 1 aromatic rings. The van der Waals surface area contributed by atoms with Crippen molar-refractivity contribution in [3.05, 3.63) is 28.5 Å². The first-order chi connectivity index (χ1) is 6.57. The van der Waals surface area contributed by atoms with E-state index in [9.17, 15) is 9.50 Å². The summed E-state index contributed by atoms with van der Waals surface area (Å²) in [4.78, 5) is 0. The summed E-state index contributed by atoms with van der Waals surface area (Å²) in [7, 11) is 0. The van der Waals surface area contributed by atoms with Gasteiger partial charge in [0.15, 0.2) is 11.6 Å². The topological polar surface area (TPSA) is 66.5 Å². The van der Waals surface area contributed by atoms with E-state index >= 15 is 0 Å². The van der Waals surface area contributed by atoms with Gasteiger partial charge in [0.05, 0.1) is 5.02 Å². The number of aliphatic hydroxyl groups excluding tert-OH is 1. The van der Waals surface area contributed by atoms with Crippen LogP contribution in [0, 0.1) is 5.82 Å². The zero-order valence-corrected chi connectivity index (χ0v) is 8.13. The molecule has 0 saturated heterocycles. The normalized spacial score (nSPS) is 12.9. The Bertz CT molecular complexity index is 333. The molecular formula is C9H11ClFNO2. The highest BCUT2D eigenvalue weighted by Gasteiger charge is 2.15. The van der Waals surface area contributed by atoms with Gasteiger partial charge < -0.3 is 15.9 Å². The number of hydrogen-bond donors (Lipinski definition) is 3. The van der Waals surface area contributed by atoms with Crippen LogP contribution in [0.3, 0.4) is 0 Å².